The van der Waals surface area contributed by atoms with Gasteiger partial charge in [0.1, 0.15) is 5.75 Å². The third-order valence-electron chi connectivity index (χ3n) is 2.56. The van der Waals surface area contributed by atoms with Gasteiger partial charge < -0.3 is 14.7 Å². The van der Waals surface area contributed by atoms with Gasteiger partial charge in [0.2, 0.25) is 0 Å². The molecule has 1 unspecified atom stereocenters. The number of hydrogen-bond donors (Lipinski definition) is 1. The molecule has 0 amide bonds. The number of alkyl halides is 2. The van der Waals surface area contributed by atoms with Crippen LogP contribution in [0.15, 0.2) is 24.3 Å². The largest absolute Gasteiger partial charge is 0.434 e. The van der Waals surface area contributed by atoms with Crippen molar-refractivity contribution in [2.24, 2.45) is 0 Å². The number of aliphatic hydroxyl groups excluding tert-OH is 1. The fourth-order valence-electron chi connectivity index (χ4n) is 1.62. The number of nitrogens with zero attached hydrogens (tertiary/aromatic N) is 1. The molecule has 1 aromatic carbocycles. The van der Waals surface area contributed by atoms with E-state index in [1.165, 1.54) is 6.07 Å². The van der Waals surface area contributed by atoms with Crippen molar-refractivity contribution in [2.45, 2.75) is 32.6 Å². The summed E-state index contributed by atoms with van der Waals surface area (Å²) in [7, 11) is 1.88. The molecule has 18 heavy (non-hydrogen) atoms. The lowest BCUT2D eigenvalue weighted by Crippen LogP contribution is -2.22. The van der Waals surface area contributed by atoms with Crippen LogP contribution in [0.4, 0.5) is 8.78 Å². The van der Waals surface area contributed by atoms with Crippen LogP contribution in [-0.2, 0) is 6.54 Å². The van der Waals surface area contributed by atoms with Crippen LogP contribution >= 0.6 is 0 Å². The molecule has 1 rings (SSSR count). The second-order valence-electron chi connectivity index (χ2n) is 4.36. The van der Waals surface area contributed by atoms with E-state index < -0.39 is 6.61 Å². The maximum Gasteiger partial charge on any atom is 0.387 e. The molecule has 0 bridgehead atoms. The minimum atomic E-state index is -2.81. The topological polar surface area (TPSA) is 32.7 Å². The summed E-state index contributed by atoms with van der Waals surface area (Å²) in [4.78, 5) is 1.96. The molecular weight excluding hydrogens is 240 g/mol. The van der Waals surface area contributed by atoms with E-state index in [9.17, 15) is 13.9 Å². The van der Waals surface area contributed by atoms with Gasteiger partial charge in [-0.15, -0.1) is 0 Å². The molecule has 0 saturated carbocycles. The smallest absolute Gasteiger partial charge is 0.387 e. The number of rotatable bonds is 7. The zero-order valence-corrected chi connectivity index (χ0v) is 10.6. The van der Waals surface area contributed by atoms with Gasteiger partial charge in [0.05, 0.1) is 6.10 Å². The van der Waals surface area contributed by atoms with Gasteiger partial charge in [-0.05, 0) is 26.5 Å². The molecule has 0 aliphatic rings. The van der Waals surface area contributed by atoms with Gasteiger partial charge in [-0.3, -0.25) is 0 Å². The Morgan fingerprint density at radius 2 is 2.00 bits per heavy atom. The first-order chi connectivity index (χ1) is 8.49. The Bertz CT molecular complexity index is 359. The Balaban J connectivity index is 2.60. The highest BCUT2D eigenvalue weighted by Crippen LogP contribution is 2.21. The highest BCUT2D eigenvalue weighted by molar-refractivity contribution is 5.33. The number of hydrogen-bond acceptors (Lipinski definition) is 3. The lowest BCUT2D eigenvalue weighted by atomic mass is 10.2. The number of ether oxygens (including phenoxy) is 1. The molecule has 0 spiro atoms. The molecule has 0 heterocycles. The summed E-state index contributed by atoms with van der Waals surface area (Å²) < 4.78 is 28.9. The molecule has 1 N–H and O–H groups in total. The average Bonchev–Trinajstić information content (AvgIpc) is 2.28. The third kappa shape index (κ3) is 5.42. The Morgan fingerprint density at radius 3 is 2.61 bits per heavy atom. The fraction of sp³-hybridized carbons (Fsp3) is 0.538. The quantitative estimate of drug-likeness (QED) is 0.816. The van der Waals surface area contributed by atoms with Gasteiger partial charge in [0.25, 0.3) is 0 Å². The molecule has 0 aliphatic heterocycles. The van der Waals surface area contributed by atoms with E-state index in [4.69, 9.17) is 0 Å². The zero-order chi connectivity index (χ0) is 13.5. The van der Waals surface area contributed by atoms with Crippen LogP contribution in [0.5, 0.6) is 5.75 Å². The predicted octanol–water partition coefficient (Wildman–Crippen LogP) is 2.49. The first-order valence-corrected chi connectivity index (χ1v) is 5.88. The SMILES string of the molecule is CC(O)CCN(C)Cc1ccccc1OC(F)F. The molecule has 0 aliphatic carbocycles. The maximum atomic E-state index is 12.2. The summed E-state index contributed by atoms with van der Waals surface area (Å²) >= 11 is 0. The molecule has 0 radical (unpaired) electrons. The minimum absolute atomic E-state index is 0.205. The van der Waals surface area contributed by atoms with Gasteiger partial charge >= 0.3 is 6.61 Å². The Labute approximate surface area is 106 Å². The summed E-state index contributed by atoms with van der Waals surface area (Å²) in [6, 6.07) is 6.74. The van der Waals surface area contributed by atoms with Crippen molar-refractivity contribution in [1.82, 2.24) is 4.90 Å². The molecule has 102 valence electrons. The Kier molecular flexibility index (Phi) is 6.01. The Morgan fingerprint density at radius 1 is 1.33 bits per heavy atom. The van der Waals surface area contributed by atoms with Crippen LogP contribution in [-0.4, -0.2) is 36.3 Å². The van der Waals surface area contributed by atoms with E-state index >= 15 is 0 Å². The van der Waals surface area contributed by atoms with E-state index in [1.54, 1.807) is 25.1 Å². The standard InChI is InChI=1S/C13H19F2NO2/c1-10(17)7-8-16(2)9-11-5-3-4-6-12(11)18-13(14)15/h3-6,10,13,17H,7-9H2,1-2H3. The van der Waals surface area contributed by atoms with Crippen LogP contribution in [0.3, 0.4) is 0 Å². The average molecular weight is 259 g/mol. The second kappa shape index (κ2) is 7.28. The third-order valence-corrected chi connectivity index (χ3v) is 2.56. The van der Waals surface area contributed by atoms with Crippen LogP contribution in [0.2, 0.25) is 0 Å². The van der Waals surface area contributed by atoms with Crippen molar-refractivity contribution in [1.29, 1.82) is 0 Å². The molecule has 0 fully saturated rings. The summed E-state index contributed by atoms with van der Waals surface area (Å²) in [5, 5.41) is 9.19. The molecule has 3 nitrogen and oxygen atoms in total. The molecular formula is C13H19F2NO2. The molecule has 0 saturated heterocycles. The lowest BCUT2D eigenvalue weighted by molar-refractivity contribution is -0.0507. The van der Waals surface area contributed by atoms with E-state index in [-0.39, 0.29) is 11.9 Å². The van der Waals surface area contributed by atoms with Gasteiger partial charge in [-0.1, -0.05) is 18.2 Å². The highest BCUT2D eigenvalue weighted by Gasteiger charge is 2.11. The molecule has 1 atom stereocenters. The zero-order valence-electron chi connectivity index (χ0n) is 10.6. The van der Waals surface area contributed by atoms with Gasteiger partial charge in [0, 0.05) is 18.7 Å². The molecule has 1 aromatic rings. The van der Waals surface area contributed by atoms with Crippen molar-refractivity contribution in [3.05, 3.63) is 29.8 Å². The van der Waals surface area contributed by atoms with Crippen molar-refractivity contribution in [3.8, 4) is 5.75 Å². The highest BCUT2D eigenvalue weighted by atomic mass is 19.3. The van der Waals surface area contributed by atoms with Crippen molar-refractivity contribution in [3.63, 3.8) is 0 Å². The summed E-state index contributed by atoms with van der Waals surface area (Å²) in [5.74, 6) is 0.205. The van der Waals surface area contributed by atoms with Crippen molar-refractivity contribution >= 4 is 0 Å². The van der Waals surface area contributed by atoms with Gasteiger partial charge in [-0.25, -0.2) is 0 Å². The first kappa shape index (κ1) is 14.9. The van der Waals surface area contributed by atoms with E-state index in [2.05, 4.69) is 4.74 Å². The minimum Gasteiger partial charge on any atom is -0.434 e. The fourth-order valence-corrected chi connectivity index (χ4v) is 1.62. The number of para-hydroxylation sites is 1. The maximum absolute atomic E-state index is 12.2. The Hall–Kier alpha value is -1.20. The number of benzene rings is 1. The van der Waals surface area contributed by atoms with Crippen LogP contribution in [0, 0.1) is 0 Å². The van der Waals surface area contributed by atoms with Crippen LogP contribution in [0.25, 0.3) is 0 Å². The van der Waals surface area contributed by atoms with E-state index in [1.807, 2.05) is 11.9 Å². The molecule has 0 aromatic heterocycles. The van der Waals surface area contributed by atoms with Crippen molar-refractivity contribution < 1.29 is 18.6 Å². The van der Waals surface area contributed by atoms with E-state index in [0.717, 1.165) is 0 Å². The van der Waals surface area contributed by atoms with Crippen LogP contribution < -0.4 is 4.74 Å². The number of halogens is 2. The summed E-state index contributed by atoms with van der Waals surface area (Å²) in [6.07, 6.45) is 0.286. The van der Waals surface area contributed by atoms with Crippen LogP contribution in [0.1, 0.15) is 18.9 Å². The molecule has 5 heteroatoms. The second-order valence-corrected chi connectivity index (χ2v) is 4.36. The first-order valence-electron chi connectivity index (χ1n) is 5.88. The monoisotopic (exact) mass is 259 g/mol. The normalized spacial score (nSPS) is 13.1. The van der Waals surface area contributed by atoms with Gasteiger partial charge in [0.15, 0.2) is 0 Å². The lowest BCUT2D eigenvalue weighted by Gasteiger charge is -2.19. The summed E-state index contributed by atoms with van der Waals surface area (Å²) in [6.45, 7) is 0.117. The van der Waals surface area contributed by atoms with E-state index in [0.29, 0.717) is 25.1 Å². The van der Waals surface area contributed by atoms with Crippen molar-refractivity contribution in [2.75, 3.05) is 13.6 Å². The predicted molar refractivity (Wildman–Crippen MR) is 65.7 cm³/mol. The summed E-state index contributed by atoms with van der Waals surface area (Å²) in [5.41, 5.74) is 0.714. The number of aliphatic hydroxyl groups is 1. The van der Waals surface area contributed by atoms with Gasteiger partial charge in [-0.2, -0.15) is 8.78 Å².